The molecule has 5 nitrogen and oxygen atoms in total. The third-order valence-electron chi connectivity index (χ3n) is 7.71. The monoisotopic (exact) mass is 504 g/mol. The van der Waals surface area contributed by atoms with E-state index in [1.54, 1.807) is 19.1 Å². The number of likely N-dealkylation sites (tertiary alicyclic amines) is 1. The third kappa shape index (κ3) is 2.74. The smallest absolute Gasteiger partial charge is 0.247 e. The van der Waals surface area contributed by atoms with Crippen molar-refractivity contribution in [2.45, 2.75) is 29.6 Å². The van der Waals surface area contributed by atoms with Gasteiger partial charge in [-0.2, -0.15) is 0 Å². The van der Waals surface area contributed by atoms with E-state index in [4.69, 9.17) is 23.2 Å². The summed E-state index contributed by atoms with van der Waals surface area (Å²) < 4.78 is 0. The van der Waals surface area contributed by atoms with Gasteiger partial charge in [0, 0.05) is 5.69 Å². The highest BCUT2D eigenvalue weighted by Gasteiger charge is 2.73. The Morgan fingerprint density at radius 1 is 0.800 bits per heavy atom. The molecule has 0 spiro atoms. The summed E-state index contributed by atoms with van der Waals surface area (Å²) in [5.41, 5.74) is 4.58. The van der Waals surface area contributed by atoms with Gasteiger partial charge in [0.2, 0.25) is 17.7 Å². The van der Waals surface area contributed by atoms with E-state index in [1.807, 2.05) is 67.6 Å². The Morgan fingerprint density at radius 3 is 1.60 bits per heavy atom. The molecular weight excluding hydrogens is 483 g/mol. The van der Waals surface area contributed by atoms with Gasteiger partial charge in [0.05, 0.1) is 11.8 Å². The Hall–Kier alpha value is -3.15. The molecule has 3 aromatic carbocycles. The van der Waals surface area contributed by atoms with Crippen molar-refractivity contribution < 1.29 is 14.4 Å². The highest BCUT2D eigenvalue weighted by molar-refractivity contribution is 6.36. The number of nitrogens with one attached hydrogen (secondary N) is 1. The van der Waals surface area contributed by atoms with Gasteiger partial charge >= 0.3 is 0 Å². The van der Waals surface area contributed by atoms with E-state index in [1.165, 1.54) is 0 Å². The number of carbonyl (C=O) groups excluding carboxylic acids is 3. The van der Waals surface area contributed by atoms with E-state index in [-0.39, 0.29) is 0 Å². The first-order valence-electron chi connectivity index (χ1n) is 11.5. The van der Waals surface area contributed by atoms with E-state index in [2.05, 4.69) is 5.32 Å². The summed E-state index contributed by atoms with van der Waals surface area (Å²) in [6.45, 7) is 3.51. The van der Waals surface area contributed by atoms with Crippen LogP contribution in [0.1, 0.15) is 34.7 Å². The lowest BCUT2D eigenvalue weighted by atomic mass is 9.54. The zero-order valence-electron chi connectivity index (χ0n) is 19.1. The second kappa shape index (κ2) is 7.42. The molecule has 1 aliphatic heterocycles. The number of nitrogens with zero attached hydrogens (tertiary/aromatic N) is 1. The largest absolute Gasteiger partial charge is 0.324 e. The highest BCUT2D eigenvalue weighted by atomic mass is 35.5. The van der Waals surface area contributed by atoms with Crippen molar-refractivity contribution in [1.82, 2.24) is 4.90 Å². The normalized spacial score (nSPS) is 28.9. The van der Waals surface area contributed by atoms with Crippen LogP contribution in [0.25, 0.3) is 0 Å². The lowest BCUT2D eigenvalue weighted by Crippen LogP contribution is -2.57. The van der Waals surface area contributed by atoms with Crippen molar-refractivity contribution in [2.75, 3.05) is 5.32 Å². The van der Waals surface area contributed by atoms with Gasteiger partial charge in [-0.15, -0.1) is 23.2 Å². The zero-order chi connectivity index (χ0) is 24.7. The number of hydrogen-bond acceptors (Lipinski definition) is 3. The van der Waals surface area contributed by atoms with E-state index < -0.39 is 45.3 Å². The van der Waals surface area contributed by atoms with Crippen LogP contribution < -0.4 is 5.32 Å². The molecule has 0 aromatic heterocycles. The summed E-state index contributed by atoms with van der Waals surface area (Å²) in [7, 11) is 0. The number of amides is 3. The molecule has 3 aliphatic carbocycles. The molecule has 7 heteroatoms. The van der Waals surface area contributed by atoms with E-state index in [0.717, 1.165) is 32.7 Å². The van der Waals surface area contributed by atoms with Gasteiger partial charge < -0.3 is 5.32 Å². The van der Waals surface area contributed by atoms with Crippen molar-refractivity contribution in [3.63, 3.8) is 0 Å². The summed E-state index contributed by atoms with van der Waals surface area (Å²) in [5.74, 6) is -3.25. The van der Waals surface area contributed by atoms with Crippen molar-refractivity contribution in [1.29, 1.82) is 0 Å². The van der Waals surface area contributed by atoms with Crippen molar-refractivity contribution in [2.24, 2.45) is 11.8 Å². The molecule has 0 unspecified atom stereocenters. The first kappa shape index (κ1) is 22.3. The summed E-state index contributed by atoms with van der Waals surface area (Å²) >= 11 is 14.8. The molecule has 0 radical (unpaired) electrons. The van der Waals surface area contributed by atoms with Crippen LogP contribution in [-0.2, 0) is 24.1 Å². The lowest BCUT2D eigenvalue weighted by molar-refractivity contribution is -0.146. The minimum absolute atomic E-state index is 0.455. The minimum atomic E-state index is -1.26. The zero-order valence-corrected chi connectivity index (χ0v) is 20.6. The lowest BCUT2D eigenvalue weighted by Gasteiger charge is -2.54. The molecule has 1 N–H and O–H groups in total. The molecule has 1 fully saturated rings. The van der Waals surface area contributed by atoms with Crippen LogP contribution in [0, 0.1) is 18.8 Å². The number of aryl methyl sites for hydroxylation is 1. The fourth-order valence-electron chi connectivity index (χ4n) is 6.07. The van der Waals surface area contributed by atoms with Gasteiger partial charge in [0.25, 0.3) is 0 Å². The average molecular weight is 505 g/mol. The van der Waals surface area contributed by atoms with Gasteiger partial charge in [0.1, 0.15) is 15.8 Å². The van der Waals surface area contributed by atoms with Gasteiger partial charge in [-0.1, -0.05) is 66.2 Å². The molecular formula is C28H22Cl2N2O3. The first-order chi connectivity index (χ1) is 16.7. The Morgan fingerprint density at radius 2 is 1.20 bits per heavy atom. The number of alkyl halides is 2. The molecule has 3 aromatic rings. The van der Waals surface area contributed by atoms with Crippen LogP contribution in [0.15, 0.2) is 72.8 Å². The van der Waals surface area contributed by atoms with Crippen LogP contribution in [-0.4, -0.2) is 28.7 Å². The Balaban J connectivity index is 1.45. The molecule has 0 saturated carbocycles. The van der Waals surface area contributed by atoms with E-state index >= 15 is 0 Å². The SMILES string of the molecule is Cc1ccc(NC(=O)[C@H](C)N2C(=O)[C@@H]3[C@@H](C2=O)C2(Cl)c4ccccc4C3(Cl)c3ccccc32)cc1. The number of carbonyl (C=O) groups is 3. The Bertz CT molecular complexity index is 1300. The molecule has 2 bridgehead atoms. The van der Waals surface area contributed by atoms with Crippen LogP contribution in [0.3, 0.4) is 0 Å². The topological polar surface area (TPSA) is 66.5 Å². The third-order valence-corrected chi connectivity index (χ3v) is 8.99. The summed E-state index contributed by atoms with van der Waals surface area (Å²) in [5, 5.41) is 2.81. The predicted molar refractivity (Wildman–Crippen MR) is 134 cm³/mol. The first-order valence-corrected chi connectivity index (χ1v) is 12.3. The van der Waals surface area contributed by atoms with Gasteiger partial charge in [-0.05, 0) is 48.2 Å². The molecule has 176 valence electrons. The molecule has 35 heavy (non-hydrogen) atoms. The quantitative estimate of drug-likeness (QED) is 0.406. The Labute approximate surface area is 213 Å². The molecule has 7 rings (SSSR count). The predicted octanol–water partition coefficient (Wildman–Crippen LogP) is 4.92. The fraction of sp³-hybridized carbons (Fsp3) is 0.250. The maximum atomic E-state index is 13.9. The van der Waals surface area contributed by atoms with Crippen molar-refractivity contribution >= 4 is 46.6 Å². The van der Waals surface area contributed by atoms with Crippen LogP contribution in [0.5, 0.6) is 0 Å². The summed E-state index contributed by atoms with van der Waals surface area (Å²) in [6.07, 6.45) is 0. The number of halogens is 2. The van der Waals surface area contributed by atoms with Gasteiger partial charge in [-0.3, -0.25) is 19.3 Å². The second-order valence-electron chi connectivity index (χ2n) is 9.55. The molecule has 3 amide bonds. The Kier molecular flexibility index (Phi) is 4.73. The maximum absolute atomic E-state index is 13.9. The summed E-state index contributed by atoms with van der Waals surface area (Å²) in [4.78, 5) is 39.5. The minimum Gasteiger partial charge on any atom is -0.324 e. The molecule has 4 aliphatic rings. The number of benzene rings is 3. The van der Waals surface area contributed by atoms with E-state index in [9.17, 15) is 14.4 Å². The van der Waals surface area contributed by atoms with Crippen molar-refractivity contribution in [3.8, 4) is 0 Å². The van der Waals surface area contributed by atoms with Crippen LogP contribution >= 0.6 is 23.2 Å². The van der Waals surface area contributed by atoms with Crippen LogP contribution in [0.2, 0.25) is 0 Å². The van der Waals surface area contributed by atoms with Crippen molar-refractivity contribution in [3.05, 3.63) is 101 Å². The summed E-state index contributed by atoms with van der Waals surface area (Å²) in [6, 6.07) is 21.2. The number of rotatable bonds is 3. The maximum Gasteiger partial charge on any atom is 0.247 e. The number of anilines is 1. The number of hydrogen-bond donors (Lipinski definition) is 1. The molecule has 1 heterocycles. The highest BCUT2D eigenvalue weighted by Crippen LogP contribution is 2.69. The average Bonchev–Trinajstić information content (AvgIpc) is 3.14. The van der Waals surface area contributed by atoms with Crippen LogP contribution in [0.4, 0.5) is 5.69 Å². The standard InChI is InChI=1S/C28H22Cl2N2O3/c1-15-11-13-17(14-12-15)31-24(33)16(2)32-25(34)22-23(26(32)35)28(30)19-8-4-3-7-18(19)27(22,29)20-9-5-6-10-21(20)28/h3-14,16,22-23H,1-2H3,(H,31,33)/t16-,22-,23-,27?,28?/m0/s1. The van der Waals surface area contributed by atoms with E-state index in [0.29, 0.717) is 5.69 Å². The van der Waals surface area contributed by atoms with Gasteiger partial charge in [-0.25, -0.2) is 0 Å². The number of imide groups is 1. The molecule has 3 atom stereocenters. The molecule has 1 saturated heterocycles. The second-order valence-corrected chi connectivity index (χ2v) is 10.7. The fourth-order valence-corrected chi connectivity index (χ4v) is 7.17. The van der Waals surface area contributed by atoms with Gasteiger partial charge in [0.15, 0.2) is 0 Å².